The Morgan fingerprint density at radius 2 is 1.91 bits per heavy atom. The molecule has 2 aromatic carbocycles. The minimum absolute atomic E-state index is 0.0319. The number of anilines is 2. The minimum atomic E-state index is -0.479. The molecule has 0 saturated carbocycles. The van der Waals surface area contributed by atoms with Crippen LogP contribution in [0.25, 0.3) is 10.9 Å². The highest BCUT2D eigenvalue weighted by Gasteiger charge is 2.36. The standard InChI is InChI=1S/C24H26ClFN4O4/c1-31-20-11-19-16(24(28-14-27-19)29-15-3-4-18(26)17(25)9-15)10-21(20)32-6-2-5-30-12-22-23(13-30)34-8-7-33-22/h3-4,9-11,14,22-23H,2,5-8,12-13H2,1H3,(H,27,28,29)/t22-,23+. The van der Waals surface area contributed by atoms with Crippen molar-refractivity contribution in [3.8, 4) is 11.5 Å². The number of methoxy groups -OCH3 is 1. The zero-order valence-electron chi connectivity index (χ0n) is 18.8. The summed E-state index contributed by atoms with van der Waals surface area (Å²) in [5.74, 6) is 1.27. The van der Waals surface area contributed by atoms with Gasteiger partial charge in [-0.05, 0) is 30.7 Å². The Kier molecular flexibility index (Phi) is 6.96. The lowest BCUT2D eigenvalue weighted by atomic mass is 10.2. The average molecular weight is 489 g/mol. The third-order valence-corrected chi connectivity index (χ3v) is 6.31. The summed E-state index contributed by atoms with van der Waals surface area (Å²) in [5.41, 5.74) is 1.30. The molecule has 2 atom stereocenters. The number of aromatic nitrogens is 2. The van der Waals surface area contributed by atoms with Gasteiger partial charge in [0.1, 0.15) is 18.0 Å². The lowest BCUT2D eigenvalue weighted by Crippen LogP contribution is -2.36. The smallest absolute Gasteiger partial charge is 0.162 e. The van der Waals surface area contributed by atoms with E-state index in [1.807, 2.05) is 12.1 Å². The van der Waals surface area contributed by atoms with Crippen LogP contribution in [0, 0.1) is 5.82 Å². The molecule has 0 bridgehead atoms. The van der Waals surface area contributed by atoms with E-state index in [1.54, 1.807) is 13.2 Å². The molecule has 1 aromatic heterocycles. The SMILES string of the molecule is COc1cc2ncnc(Nc3ccc(F)c(Cl)c3)c2cc1OCCCN1C[C@@H]2OCCO[C@@H]2C1. The first-order chi connectivity index (χ1) is 16.6. The van der Waals surface area contributed by atoms with E-state index in [2.05, 4.69) is 20.2 Å². The Morgan fingerprint density at radius 1 is 1.12 bits per heavy atom. The molecule has 0 spiro atoms. The summed E-state index contributed by atoms with van der Waals surface area (Å²) in [4.78, 5) is 11.0. The van der Waals surface area contributed by atoms with Crippen LogP contribution in [0.5, 0.6) is 11.5 Å². The Labute approximate surface area is 201 Å². The molecule has 2 aliphatic rings. The normalized spacial score (nSPS) is 20.3. The van der Waals surface area contributed by atoms with Gasteiger partial charge in [0.05, 0.1) is 49.7 Å². The number of nitrogens with zero attached hydrogens (tertiary/aromatic N) is 3. The molecule has 2 saturated heterocycles. The Morgan fingerprint density at radius 3 is 2.65 bits per heavy atom. The van der Waals surface area contributed by atoms with Crippen molar-refractivity contribution in [3.05, 3.63) is 47.5 Å². The van der Waals surface area contributed by atoms with Crippen LogP contribution in [-0.2, 0) is 9.47 Å². The second-order valence-electron chi connectivity index (χ2n) is 8.28. The van der Waals surface area contributed by atoms with Crippen molar-refractivity contribution in [2.75, 3.05) is 51.9 Å². The van der Waals surface area contributed by atoms with Crippen LogP contribution in [0.3, 0.4) is 0 Å². The van der Waals surface area contributed by atoms with E-state index in [4.69, 9.17) is 30.5 Å². The fourth-order valence-corrected chi connectivity index (χ4v) is 4.52. The summed E-state index contributed by atoms with van der Waals surface area (Å²) < 4.78 is 36.7. The van der Waals surface area contributed by atoms with Crippen molar-refractivity contribution < 1.29 is 23.3 Å². The first kappa shape index (κ1) is 23.0. The zero-order chi connectivity index (χ0) is 23.5. The molecule has 34 heavy (non-hydrogen) atoms. The quantitative estimate of drug-likeness (QED) is 0.476. The van der Waals surface area contributed by atoms with Gasteiger partial charge in [-0.2, -0.15) is 0 Å². The molecule has 3 heterocycles. The summed E-state index contributed by atoms with van der Waals surface area (Å²) in [6, 6.07) is 8.08. The van der Waals surface area contributed by atoms with Crippen molar-refractivity contribution >= 4 is 34.0 Å². The van der Waals surface area contributed by atoms with Gasteiger partial charge in [0.2, 0.25) is 0 Å². The molecule has 0 aliphatic carbocycles. The van der Waals surface area contributed by atoms with Crippen molar-refractivity contribution in [1.29, 1.82) is 0 Å². The van der Waals surface area contributed by atoms with Gasteiger partial charge in [-0.1, -0.05) is 11.6 Å². The molecule has 0 unspecified atom stereocenters. The maximum Gasteiger partial charge on any atom is 0.162 e. The van der Waals surface area contributed by atoms with Gasteiger partial charge in [0, 0.05) is 36.8 Å². The maximum atomic E-state index is 13.5. The number of ether oxygens (including phenoxy) is 4. The van der Waals surface area contributed by atoms with Crippen molar-refractivity contribution in [3.63, 3.8) is 0 Å². The van der Waals surface area contributed by atoms with Gasteiger partial charge in [-0.15, -0.1) is 0 Å². The molecule has 0 amide bonds. The van der Waals surface area contributed by atoms with E-state index < -0.39 is 5.82 Å². The van der Waals surface area contributed by atoms with Gasteiger partial charge in [-0.3, -0.25) is 4.90 Å². The third kappa shape index (κ3) is 5.02. The number of fused-ring (bicyclic) bond motifs is 2. The van der Waals surface area contributed by atoms with E-state index in [0.717, 1.165) is 31.4 Å². The highest BCUT2D eigenvalue weighted by atomic mass is 35.5. The summed E-state index contributed by atoms with van der Waals surface area (Å²) in [6.07, 6.45) is 2.66. The van der Waals surface area contributed by atoms with Crippen LogP contribution in [0.2, 0.25) is 5.02 Å². The monoisotopic (exact) mass is 488 g/mol. The summed E-state index contributed by atoms with van der Waals surface area (Å²) in [7, 11) is 1.60. The number of halogens is 2. The molecule has 3 aromatic rings. The Balaban J connectivity index is 1.27. The first-order valence-electron chi connectivity index (χ1n) is 11.2. The number of likely N-dealkylation sites (tertiary alicyclic amines) is 1. The maximum absolute atomic E-state index is 13.5. The largest absolute Gasteiger partial charge is 0.493 e. The molecule has 2 aliphatic heterocycles. The predicted molar refractivity (Wildman–Crippen MR) is 127 cm³/mol. The van der Waals surface area contributed by atoms with E-state index in [0.29, 0.717) is 48.3 Å². The molecule has 10 heteroatoms. The van der Waals surface area contributed by atoms with Crippen LogP contribution < -0.4 is 14.8 Å². The summed E-state index contributed by atoms with van der Waals surface area (Å²) in [5, 5.41) is 3.96. The molecule has 2 fully saturated rings. The Hall–Kier alpha value is -2.72. The first-order valence-corrected chi connectivity index (χ1v) is 11.6. The second-order valence-corrected chi connectivity index (χ2v) is 8.68. The number of rotatable bonds is 8. The van der Waals surface area contributed by atoms with Gasteiger partial charge >= 0.3 is 0 Å². The molecular formula is C24H26ClFN4O4. The average Bonchev–Trinajstić information content (AvgIpc) is 3.27. The summed E-state index contributed by atoms with van der Waals surface area (Å²) >= 11 is 5.91. The molecule has 5 rings (SSSR count). The molecule has 180 valence electrons. The van der Waals surface area contributed by atoms with Crippen LogP contribution in [0.4, 0.5) is 15.9 Å². The fraction of sp³-hybridized carbons (Fsp3) is 0.417. The summed E-state index contributed by atoms with van der Waals surface area (Å²) in [6.45, 7) is 4.56. The third-order valence-electron chi connectivity index (χ3n) is 6.02. The molecular weight excluding hydrogens is 463 g/mol. The lowest BCUT2D eigenvalue weighted by Gasteiger charge is -2.24. The van der Waals surface area contributed by atoms with Crippen LogP contribution in [-0.4, -0.2) is 73.6 Å². The van der Waals surface area contributed by atoms with Crippen LogP contribution >= 0.6 is 11.6 Å². The van der Waals surface area contributed by atoms with E-state index in [9.17, 15) is 4.39 Å². The van der Waals surface area contributed by atoms with Gasteiger partial charge in [-0.25, -0.2) is 14.4 Å². The minimum Gasteiger partial charge on any atom is -0.493 e. The second kappa shape index (κ2) is 10.3. The van der Waals surface area contributed by atoms with Crippen molar-refractivity contribution in [2.45, 2.75) is 18.6 Å². The van der Waals surface area contributed by atoms with Gasteiger partial charge in [0.25, 0.3) is 0 Å². The van der Waals surface area contributed by atoms with Crippen LogP contribution in [0.15, 0.2) is 36.7 Å². The highest BCUT2D eigenvalue weighted by molar-refractivity contribution is 6.31. The van der Waals surface area contributed by atoms with E-state index in [1.165, 1.54) is 18.5 Å². The highest BCUT2D eigenvalue weighted by Crippen LogP contribution is 2.35. The Bertz CT molecular complexity index is 1150. The number of nitrogens with one attached hydrogen (secondary N) is 1. The van der Waals surface area contributed by atoms with Crippen molar-refractivity contribution in [1.82, 2.24) is 14.9 Å². The molecule has 0 radical (unpaired) electrons. The molecule has 8 nitrogen and oxygen atoms in total. The number of hydrogen-bond acceptors (Lipinski definition) is 8. The van der Waals surface area contributed by atoms with E-state index in [-0.39, 0.29) is 17.2 Å². The molecule has 1 N–H and O–H groups in total. The number of hydrogen-bond donors (Lipinski definition) is 1. The topological polar surface area (TPSA) is 78.0 Å². The fourth-order valence-electron chi connectivity index (χ4n) is 4.34. The van der Waals surface area contributed by atoms with Gasteiger partial charge in [0.15, 0.2) is 11.5 Å². The lowest BCUT2D eigenvalue weighted by molar-refractivity contribution is -0.116. The van der Waals surface area contributed by atoms with E-state index >= 15 is 0 Å². The van der Waals surface area contributed by atoms with Crippen LogP contribution in [0.1, 0.15) is 6.42 Å². The predicted octanol–water partition coefficient (Wildman–Crippen LogP) is 4.04. The van der Waals surface area contributed by atoms with Crippen molar-refractivity contribution in [2.24, 2.45) is 0 Å². The van der Waals surface area contributed by atoms with Gasteiger partial charge < -0.3 is 24.3 Å². The number of benzene rings is 2. The zero-order valence-corrected chi connectivity index (χ0v) is 19.6.